The summed E-state index contributed by atoms with van der Waals surface area (Å²) in [7, 11) is 1.86. The van der Waals surface area contributed by atoms with Gasteiger partial charge in [-0.25, -0.2) is 0 Å². The van der Waals surface area contributed by atoms with Gasteiger partial charge in [0.15, 0.2) is 0 Å². The number of aromatic nitrogens is 3. The van der Waals surface area contributed by atoms with Crippen molar-refractivity contribution in [3.05, 3.63) is 46.5 Å². The maximum atomic E-state index is 10.2. The van der Waals surface area contributed by atoms with Crippen LogP contribution in [0.25, 0.3) is 0 Å². The van der Waals surface area contributed by atoms with E-state index >= 15 is 0 Å². The molecular weight excluding hydrogens is 262 g/mol. The van der Waals surface area contributed by atoms with E-state index in [0.29, 0.717) is 17.9 Å². The van der Waals surface area contributed by atoms with Crippen molar-refractivity contribution in [2.45, 2.75) is 32.3 Å². The Balaban J connectivity index is 2.07. The van der Waals surface area contributed by atoms with Crippen LogP contribution < -0.4 is 0 Å². The minimum absolute atomic E-state index is 0.472. The Kier molecular flexibility index (Phi) is 4.56. The molecule has 0 aromatic carbocycles. The fourth-order valence-corrected chi connectivity index (χ4v) is 2.50. The smallest absolute Gasteiger partial charge is 0.0850 e. The molecule has 0 bridgehead atoms. The van der Waals surface area contributed by atoms with E-state index < -0.39 is 6.10 Å². The SMILES string of the molecule is CCc1nn(C)c(CC(O)Cc2ccncc2)c1Cl. The molecule has 0 amide bonds. The number of aryl methyl sites for hydroxylation is 2. The van der Waals surface area contributed by atoms with Gasteiger partial charge in [0, 0.05) is 25.9 Å². The minimum Gasteiger partial charge on any atom is -0.392 e. The second kappa shape index (κ2) is 6.17. The molecule has 4 nitrogen and oxygen atoms in total. The molecule has 0 saturated heterocycles. The average Bonchev–Trinajstić information content (AvgIpc) is 2.67. The van der Waals surface area contributed by atoms with Crippen molar-refractivity contribution in [3.63, 3.8) is 0 Å². The first-order valence-electron chi connectivity index (χ1n) is 6.39. The van der Waals surface area contributed by atoms with Gasteiger partial charge in [0.05, 0.1) is 22.5 Å². The first-order valence-corrected chi connectivity index (χ1v) is 6.76. The Hall–Kier alpha value is -1.39. The molecule has 2 aromatic rings. The van der Waals surface area contributed by atoms with Crippen LogP contribution in [-0.4, -0.2) is 26.0 Å². The summed E-state index contributed by atoms with van der Waals surface area (Å²) in [5, 5.41) is 15.2. The highest BCUT2D eigenvalue weighted by atomic mass is 35.5. The summed E-state index contributed by atoms with van der Waals surface area (Å²) in [5.41, 5.74) is 2.84. The molecule has 0 saturated carbocycles. The Morgan fingerprint density at radius 3 is 2.58 bits per heavy atom. The van der Waals surface area contributed by atoms with Crippen molar-refractivity contribution >= 4 is 11.6 Å². The van der Waals surface area contributed by atoms with Crippen LogP contribution >= 0.6 is 11.6 Å². The summed E-state index contributed by atoms with van der Waals surface area (Å²) >= 11 is 6.27. The van der Waals surface area contributed by atoms with Crippen molar-refractivity contribution < 1.29 is 5.11 Å². The Bertz CT molecular complexity index is 539. The lowest BCUT2D eigenvalue weighted by molar-refractivity contribution is 0.173. The molecule has 0 aliphatic rings. The zero-order chi connectivity index (χ0) is 13.8. The third kappa shape index (κ3) is 3.33. The summed E-state index contributed by atoms with van der Waals surface area (Å²) < 4.78 is 1.76. The fourth-order valence-electron chi connectivity index (χ4n) is 2.13. The summed E-state index contributed by atoms with van der Waals surface area (Å²) in [6, 6.07) is 3.82. The van der Waals surface area contributed by atoms with Crippen LogP contribution in [0.5, 0.6) is 0 Å². The predicted octanol–water partition coefficient (Wildman–Crippen LogP) is 2.18. The van der Waals surface area contributed by atoms with Gasteiger partial charge >= 0.3 is 0 Å². The Morgan fingerprint density at radius 2 is 2.00 bits per heavy atom. The van der Waals surface area contributed by atoms with Crippen LogP contribution in [-0.2, 0) is 26.3 Å². The summed E-state index contributed by atoms with van der Waals surface area (Å²) in [4.78, 5) is 3.96. The molecule has 2 rings (SSSR count). The second-order valence-electron chi connectivity index (χ2n) is 4.60. The largest absolute Gasteiger partial charge is 0.392 e. The lowest BCUT2D eigenvalue weighted by Crippen LogP contribution is -2.16. The van der Waals surface area contributed by atoms with Gasteiger partial charge in [0.25, 0.3) is 0 Å². The van der Waals surface area contributed by atoms with Gasteiger partial charge < -0.3 is 5.11 Å². The first-order chi connectivity index (χ1) is 9.11. The lowest BCUT2D eigenvalue weighted by atomic mass is 10.1. The Labute approximate surface area is 118 Å². The molecule has 5 heteroatoms. The highest BCUT2D eigenvalue weighted by Crippen LogP contribution is 2.22. The monoisotopic (exact) mass is 279 g/mol. The third-order valence-corrected chi connectivity index (χ3v) is 3.59. The van der Waals surface area contributed by atoms with Gasteiger partial charge in [-0.2, -0.15) is 5.10 Å². The average molecular weight is 280 g/mol. The highest BCUT2D eigenvalue weighted by Gasteiger charge is 2.16. The summed E-state index contributed by atoms with van der Waals surface area (Å²) in [5.74, 6) is 0. The standard InChI is InChI=1S/C14H18ClN3O/c1-3-12-14(15)13(18(2)17-12)9-11(19)8-10-4-6-16-7-5-10/h4-7,11,19H,3,8-9H2,1-2H3. The maximum absolute atomic E-state index is 10.2. The highest BCUT2D eigenvalue weighted by molar-refractivity contribution is 6.31. The van der Waals surface area contributed by atoms with E-state index in [-0.39, 0.29) is 0 Å². The zero-order valence-corrected chi connectivity index (χ0v) is 11.9. The zero-order valence-electron chi connectivity index (χ0n) is 11.2. The first kappa shape index (κ1) is 14.0. The van der Waals surface area contributed by atoms with Crippen molar-refractivity contribution in [2.75, 3.05) is 0 Å². The molecule has 2 heterocycles. The van der Waals surface area contributed by atoms with Crippen LogP contribution in [0.4, 0.5) is 0 Å². The van der Waals surface area contributed by atoms with Crippen molar-refractivity contribution in [3.8, 4) is 0 Å². The van der Waals surface area contributed by atoms with Crippen LogP contribution in [0.2, 0.25) is 5.02 Å². The topological polar surface area (TPSA) is 50.9 Å². The van der Waals surface area contributed by atoms with Crippen LogP contribution in [0.3, 0.4) is 0 Å². The predicted molar refractivity (Wildman–Crippen MR) is 75.2 cm³/mol. The normalized spacial score (nSPS) is 12.6. The van der Waals surface area contributed by atoms with Crippen molar-refractivity contribution in [2.24, 2.45) is 7.05 Å². The minimum atomic E-state index is -0.472. The molecule has 1 N–H and O–H groups in total. The van der Waals surface area contributed by atoms with E-state index in [1.165, 1.54) is 0 Å². The molecule has 1 unspecified atom stereocenters. The molecule has 2 aromatic heterocycles. The van der Waals surface area contributed by atoms with Gasteiger partial charge in [-0.05, 0) is 30.5 Å². The number of hydrogen-bond acceptors (Lipinski definition) is 3. The van der Waals surface area contributed by atoms with Crippen LogP contribution in [0, 0.1) is 0 Å². The molecule has 19 heavy (non-hydrogen) atoms. The quantitative estimate of drug-likeness (QED) is 0.913. The van der Waals surface area contributed by atoms with E-state index in [4.69, 9.17) is 11.6 Å². The number of aliphatic hydroxyl groups excluding tert-OH is 1. The van der Waals surface area contributed by atoms with Gasteiger partial charge in [-0.1, -0.05) is 18.5 Å². The van der Waals surface area contributed by atoms with Crippen molar-refractivity contribution in [1.82, 2.24) is 14.8 Å². The summed E-state index contributed by atoms with van der Waals surface area (Å²) in [6.07, 6.45) is 4.88. The van der Waals surface area contributed by atoms with E-state index in [2.05, 4.69) is 10.1 Å². The maximum Gasteiger partial charge on any atom is 0.0850 e. The fraction of sp³-hybridized carbons (Fsp3) is 0.429. The number of rotatable bonds is 5. The molecule has 0 aliphatic heterocycles. The van der Waals surface area contributed by atoms with Crippen molar-refractivity contribution in [1.29, 1.82) is 0 Å². The number of aliphatic hydroxyl groups is 1. The number of halogens is 1. The van der Waals surface area contributed by atoms with Gasteiger partial charge in [-0.3, -0.25) is 9.67 Å². The van der Waals surface area contributed by atoms with E-state index in [0.717, 1.165) is 23.4 Å². The van der Waals surface area contributed by atoms with Crippen LogP contribution in [0.1, 0.15) is 23.9 Å². The van der Waals surface area contributed by atoms with Gasteiger partial charge in [-0.15, -0.1) is 0 Å². The molecule has 0 aliphatic carbocycles. The van der Waals surface area contributed by atoms with E-state index in [1.807, 2.05) is 26.1 Å². The number of pyridine rings is 1. The number of nitrogens with zero attached hydrogens (tertiary/aromatic N) is 3. The summed E-state index contributed by atoms with van der Waals surface area (Å²) in [6.45, 7) is 2.02. The lowest BCUT2D eigenvalue weighted by Gasteiger charge is -2.11. The van der Waals surface area contributed by atoms with Crippen LogP contribution in [0.15, 0.2) is 24.5 Å². The van der Waals surface area contributed by atoms with E-state index in [1.54, 1.807) is 17.1 Å². The molecule has 102 valence electrons. The van der Waals surface area contributed by atoms with Gasteiger partial charge in [0.1, 0.15) is 0 Å². The Morgan fingerprint density at radius 1 is 1.32 bits per heavy atom. The molecular formula is C14H18ClN3O. The van der Waals surface area contributed by atoms with E-state index in [9.17, 15) is 5.11 Å². The second-order valence-corrected chi connectivity index (χ2v) is 4.98. The molecule has 0 fully saturated rings. The third-order valence-electron chi connectivity index (χ3n) is 3.15. The molecule has 1 atom stereocenters. The number of hydrogen-bond donors (Lipinski definition) is 1. The van der Waals surface area contributed by atoms with Gasteiger partial charge in [0.2, 0.25) is 0 Å². The molecule has 0 spiro atoms. The molecule has 0 radical (unpaired) electrons.